The van der Waals surface area contributed by atoms with Gasteiger partial charge in [0.15, 0.2) is 0 Å². The molecule has 3 heterocycles. The number of H-pyrrole nitrogens is 1. The molecule has 0 aliphatic carbocycles. The van der Waals surface area contributed by atoms with E-state index in [1.165, 1.54) is 5.06 Å². The van der Waals surface area contributed by atoms with Crippen molar-refractivity contribution in [2.24, 2.45) is 5.92 Å². The highest BCUT2D eigenvalue weighted by Crippen LogP contribution is 2.17. The predicted octanol–water partition coefficient (Wildman–Crippen LogP) is -0.0766. The molecule has 20 heavy (non-hydrogen) atoms. The number of hydroxylamine groups is 2. The second kappa shape index (κ2) is 5.64. The molecule has 1 aromatic rings. The first-order valence-electron chi connectivity index (χ1n) is 6.70. The highest BCUT2D eigenvalue weighted by Gasteiger charge is 2.36. The quantitative estimate of drug-likeness (QED) is 0.807. The van der Waals surface area contributed by atoms with Crippen LogP contribution >= 0.6 is 0 Å². The summed E-state index contributed by atoms with van der Waals surface area (Å²) in [7, 11) is 0. The number of aromatic nitrogens is 1. The molecule has 1 unspecified atom stereocenters. The first-order chi connectivity index (χ1) is 9.74. The van der Waals surface area contributed by atoms with Crippen molar-refractivity contribution in [3.63, 3.8) is 0 Å². The fraction of sp³-hybridized carbons (Fsp3) is 0.538. The zero-order valence-corrected chi connectivity index (χ0v) is 11.0. The van der Waals surface area contributed by atoms with Crippen LogP contribution in [0, 0.1) is 5.92 Å². The highest BCUT2D eigenvalue weighted by atomic mass is 16.7. The van der Waals surface area contributed by atoms with Crippen LogP contribution in [0.4, 0.5) is 0 Å². The second-order valence-corrected chi connectivity index (χ2v) is 5.05. The van der Waals surface area contributed by atoms with E-state index < -0.39 is 6.04 Å². The minimum Gasteiger partial charge on any atom is -0.381 e. The Balaban J connectivity index is 1.54. The van der Waals surface area contributed by atoms with Crippen molar-refractivity contribution in [2.75, 3.05) is 26.4 Å². The lowest BCUT2D eigenvalue weighted by atomic mass is 10.1. The third kappa shape index (κ3) is 2.68. The molecule has 2 aliphatic rings. The summed E-state index contributed by atoms with van der Waals surface area (Å²) in [5, 5.41) is 4.03. The van der Waals surface area contributed by atoms with Crippen LogP contribution in [0.25, 0.3) is 0 Å². The van der Waals surface area contributed by atoms with E-state index in [1.807, 2.05) is 0 Å². The fourth-order valence-electron chi connectivity index (χ4n) is 2.39. The van der Waals surface area contributed by atoms with Gasteiger partial charge < -0.3 is 15.0 Å². The number of rotatable bonds is 4. The molecular weight excluding hydrogens is 262 g/mol. The molecular formula is C13H17N3O4. The van der Waals surface area contributed by atoms with Crippen molar-refractivity contribution in [2.45, 2.75) is 12.5 Å². The largest absolute Gasteiger partial charge is 0.381 e. The van der Waals surface area contributed by atoms with Gasteiger partial charge in [0.05, 0.1) is 18.7 Å². The van der Waals surface area contributed by atoms with Gasteiger partial charge in [-0.05, 0) is 12.5 Å². The van der Waals surface area contributed by atoms with Crippen molar-refractivity contribution in [3.05, 3.63) is 24.0 Å². The normalized spacial score (nSPS) is 26.2. The van der Waals surface area contributed by atoms with E-state index in [9.17, 15) is 9.59 Å². The fourth-order valence-corrected chi connectivity index (χ4v) is 2.39. The first kappa shape index (κ1) is 13.1. The van der Waals surface area contributed by atoms with Gasteiger partial charge in [0.1, 0.15) is 12.6 Å². The maximum absolute atomic E-state index is 12.1. The van der Waals surface area contributed by atoms with Gasteiger partial charge in [-0.1, -0.05) is 0 Å². The number of nitrogens with one attached hydrogen (secondary N) is 2. The molecule has 7 heteroatoms. The Hall–Kier alpha value is -1.86. The Labute approximate surface area is 116 Å². The smallest absolute Gasteiger partial charge is 0.271 e. The lowest BCUT2D eigenvalue weighted by molar-refractivity contribution is -0.164. The van der Waals surface area contributed by atoms with E-state index in [2.05, 4.69) is 10.3 Å². The molecule has 1 aromatic heterocycles. The minimum absolute atomic E-state index is 0.183. The van der Waals surface area contributed by atoms with Crippen LogP contribution in [0.15, 0.2) is 18.5 Å². The third-order valence-corrected chi connectivity index (χ3v) is 3.55. The Morgan fingerprint density at radius 1 is 1.50 bits per heavy atom. The van der Waals surface area contributed by atoms with Gasteiger partial charge in [-0.2, -0.15) is 0 Å². The van der Waals surface area contributed by atoms with Crippen LogP contribution in [-0.2, 0) is 14.4 Å². The summed E-state index contributed by atoms with van der Waals surface area (Å²) in [6, 6.07) is 1.04. The molecule has 0 saturated carbocycles. The van der Waals surface area contributed by atoms with E-state index in [4.69, 9.17) is 9.57 Å². The number of amides is 2. The molecule has 2 fully saturated rings. The SMILES string of the molecule is O=C(N[C@@H]1CON(CC2CCOC2)C1=O)c1cc[nH]c1. The molecule has 2 amide bonds. The number of nitrogens with zero attached hydrogens (tertiary/aromatic N) is 1. The summed E-state index contributed by atoms with van der Waals surface area (Å²) < 4.78 is 5.28. The van der Waals surface area contributed by atoms with Crippen molar-refractivity contribution in [3.8, 4) is 0 Å². The van der Waals surface area contributed by atoms with E-state index in [-0.39, 0.29) is 18.4 Å². The van der Waals surface area contributed by atoms with Gasteiger partial charge in [0.25, 0.3) is 11.8 Å². The van der Waals surface area contributed by atoms with Crippen LogP contribution < -0.4 is 5.32 Å². The van der Waals surface area contributed by atoms with E-state index in [0.29, 0.717) is 24.6 Å². The van der Waals surface area contributed by atoms with E-state index >= 15 is 0 Å². The van der Waals surface area contributed by atoms with Crippen molar-refractivity contribution < 1.29 is 19.2 Å². The number of aromatic amines is 1. The van der Waals surface area contributed by atoms with Crippen LogP contribution in [0.2, 0.25) is 0 Å². The Morgan fingerprint density at radius 3 is 3.10 bits per heavy atom. The van der Waals surface area contributed by atoms with Gasteiger partial charge in [0.2, 0.25) is 0 Å². The average molecular weight is 279 g/mol. The Kier molecular flexibility index (Phi) is 3.70. The predicted molar refractivity (Wildman–Crippen MR) is 68.6 cm³/mol. The molecule has 2 saturated heterocycles. The Morgan fingerprint density at radius 2 is 2.40 bits per heavy atom. The van der Waals surface area contributed by atoms with Gasteiger partial charge in [-0.15, -0.1) is 0 Å². The second-order valence-electron chi connectivity index (χ2n) is 5.05. The average Bonchev–Trinajstić information content (AvgIpc) is 3.16. The third-order valence-electron chi connectivity index (χ3n) is 3.55. The van der Waals surface area contributed by atoms with Crippen molar-refractivity contribution >= 4 is 11.8 Å². The highest BCUT2D eigenvalue weighted by molar-refractivity contribution is 5.97. The molecule has 108 valence electrons. The summed E-state index contributed by atoms with van der Waals surface area (Å²) >= 11 is 0. The van der Waals surface area contributed by atoms with E-state index in [1.54, 1.807) is 18.5 Å². The molecule has 0 bridgehead atoms. The maximum atomic E-state index is 12.1. The van der Waals surface area contributed by atoms with Crippen LogP contribution in [0.1, 0.15) is 16.8 Å². The Bertz CT molecular complexity index is 482. The maximum Gasteiger partial charge on any atom is 0.271 e. The molecule has 0 radical (unpaired) electrons. The summed E-state index contributed by atoms with van der Waals surface area (Å²) in [5.41, 5.74) is 0.500. The standard InChI is InChI=1S/C13H17N3O4/c17-12(10-1-3-14-5-10)15-11-8-20-16(13(11)18)6-9-2-4-19-7-9/h1,3,5,9,11,14H,2,4,6-8H2,(H,15,17)/t9?,11-/m1/s1. The first-order valence-corrected chi connectivity index (χ1v) is 6.70. The summed E-state index contributed by atoms with van der Waals surface area (Å²) in [6.07, 6.45) is 4.19. The number of ether oxygens (including phenoxy) is 1. The zero-order valence-electron chi connectivity index (χ0n) is 11.0. The molecule has 2 atom stereocenters. The van der Waals surface area contributed by atoms with Crippen LogP contribution in [-0.4, -0.2) is 54.3 Å². The molecule has 3 rings (SSSR count). The summed E-state index contributed by atoms with van der Waals surface area (Å²) in [4.78, 5) is 32.2. The minimum atomic E-state index is -0.611. The summed E-state index contributed by atoms with van der Waals surface area (Å²) in [5.74, 6) is -0.155. The van der Waals surface area contributed by atoms with Gasteiger partial charge in [-0.3, -0.25) is 14.4 Å². The number of carbonyl (C=O) groups is 2. The molecule has 0 aromatic carbocycles. The number of carbonyl (C=O) groups excluding carboxylic acids is 2. The molecule has 2 N–H and O–H groups in total. The van der Waals surface area contributed by atoms with E-state index in [0.717, 1.165) is 13.0 Å². The van der Waals surface area contributed by atoms with Crippen LogP contribution in [0.3, 0.4) is 0 Å². The molecule has 2 aliphatic heterocycles. The number of hydrogen-bond acceptors (Lipinski definition) is 4. The molecule has 0 spiro atoms. The topological polar surface area (TPSA) is 83.7 Å². The lowest BCUT2D eigenvalue weighted by Crippen LogP contribution is -2.43. The van der Waals surface area contributed by atoms with Gasteiger partial charge >= 0.3 is 0 Å². The summed E-state index contributed by atoms with van der Waals surface area (Å²) in [6.45, 7) is 2.10. The lowest BCUT2D eigenvalue weighted by Gasteiger charge is -2.17. The van der Waals surface area contributed by atoms with Gasteiger partial charge in [0, 0.05) is 24.9 Å². The monoisotopic (exact) mass is 279 g/mol. The number of hydrogen-bond donors (Lipinski definition) is 2. The molecule has 7 nitrogen and oxygen atoms in total. The van der Waals surface area contributed by atoms with Crippen LogP contribution in [0.5, 0.6) is 0 Å². The van der Waals surface area contributed by atoms with Crippen molar-refractivity contribution in [1.82, 2.24) is 15.4 Å². The van der Waals surface area contributed by atoms with Gasteiger partial charge in [-0.25, -0.2) is 5.06 Å². The zero-order chi connectivity index (χ0) is 13.9. The van der Waals surface area contributed by atoms with Crippen molar-refractivity contribution in [1.29, 1.82) is 0 Å².